The van der Waals surface area contributed by atoms with E-state index in [9.17, 15) is 4.79 Å². The molecule has 0 unspecified atom stereocenters. The second kappa shape index (κ2) is 7.09. The van der Waals surface area contributed by atoms with Crippen LogP contribution in [0.2, 0.25) is 0 Å². The van der Waals surface area contributed by atoms with E-state index >= 15 is 0 Å². The van der Waals surface area contributed by atoms with Gasteiger partial charge in [0, 0.05) is 23.2 Å². The van der Waals surface area contributed by atoms with Crippen LogP contribution in [0.25, 0.3) is 21.3 Å². The maximum absolute atomic E-state index is 12.3. The van der Waals surface area contributed by atoms with Gasteiger partial charge in [0.25, 0.3) is 0 Å². The molecular formula is C19H21N5OS. The van der Waals surface area contributed by atoms with Crippen LogP contribution in [0, 0.1) is 6.92 Å². The molecular weight excluding hydrogens is 346 g/mol. The molecule has 0 radical (unpaired) electrons. The standard InChI is InChI=1S/C19H21N5OS/c1-12-4-3-7-24(12)11-18(25)21-17-9-16-8-14(5-6-15(16)10-20-17)19-23-22-13(2)26-19/h5-6,8-10,12H,3-4,7,11H2,1-2H3,(H,20,21,25)/t12-/m0/s1. The summed E-state index contributed by atoms with van der Waals surface area (Å²) >= 11 is 1.57. The molecule has 2 aromatic heterocycles. The minimum atomic E-state index is -0.0125. The second-order valence-corrected chi connectivity index (χ2v) is 7.95. The van der Waals surface area contributed by atoms with Crippen LogP contribution >= 0.6 is 11.3 Å². The number of carbonyl (C=O) groups is 1. The number of amides is 1. The van der Waals surface area contributed by atoms with E-state index in [4.69, 9.17) is 0 Å². The van der Waals surface area contributed by atoms with Gasteiger partial charge >= 0.3 is 0 Å². The van der Waals surface area contributed by atoms with Crippen LogP contribution < -0.4 is 5.32 Å². The SMILES string of the molecule is Cc1nnc(-c2ccc3cnc(NC(=O)CN4CCC[C@@H]4C)cc3c2)s1. The van der Waals surface area contributed by atoms with Gasteiger partial charge in [0.15, 0.2) is 0 Å². The fourth-order valence-electron chi connectivity index (χ4n) is 3.35. The highest BCUT2D eigenvalue weighted by Gasteiger charge is 2.22. The Hall–Kier alpha value is -2.38. The first kappa shape index (κ1) is 17.1. The maximum atomic E-state index is 12.3. The number of nitrogens with one attached hydrogen (secondary N) is 1. The molecule has 3 aromatic rings. The van der Waals surface area contributed by atoms with Gasteiger partial charge in [-0.05, 0) is 50.8 Å². The summed E-state index contributed by atoms with van der Waals surface area (Å²) in [5, 5.41) is 15.1. The molecule has 0 saturated carbocycles. The highest BCUT2D eigenvalue weighted by molar-refractivity contribution is 7.14. The van der Waals surface area contributed by atoms with E-state index in [1.807, 2.05) is 25.1 Å². The lowest BCUT2D eigenvalue weighted by Gasteiger charge is -2.19. The molecule has 0 spiro atoms. The number of nitrogens with zero attached hydrogens (tertiary/aromatic N) is 4. The average molecular weight is 367 g/mol. The van der Waals surface area contributed by atoms with Crippen molar-refractivity contribution >= 4 is 33.8 Å². The number of aromatic nitrogens is 3. The molecule has 1 saturated heterocycles. The number of hydrogen-bond donors (Lipinski definition) is 1. The van der Waals surface area contributed by atoms with E-state index in [0.717, 1.165) is 45.7 Å². The number of carbonyl (C=O) groups excluding carboxylic acids is 1. The Labute approximate surface area is 156 Å². The summed E-state index contributed by atoms with van der Waals surface area (Å²) in [7, 11) is 0. The van der Waals surface area contributed by atoms with Crippen molar-refractivity contribution < 1.29 is 4.79 Å². The highest BCUT2D eigenvalue weighted by atomic mass is 32.1. The molecule has 1 N–H and O–H groups in total. The smallest absolute Gasteiger partial charge is 0.239 e. The third-order valence-electron chi connectivity index (χ3n) is 4.80. The van der Waals surface area contributed by atoms with Gasteiger partial charge in [-0.15, -0.1) is 10.2 Å². The zero-order valence-electron chi connectivity index (χ0n) is 14.9. The molecule has 1 aliphatic rings. The van der Waals surface area contributed by atoms with Crippen LogP contribution in [-0.2, 0) is 4.79 Å². The Morgan fingerprint density at radius 3 is 2.92 bits per heavy atom. The summed E-state index contributed by atoms with van der Waals surface area (Å²) in [6.45, 7) is 5.53. The summed E-state index contributed by atoms with van der Waals surface area (Å²) < 4.78 is 0. The molecule has 1 atom stereocenters. The lowest BCUT2D eigenvalue weighted by molar-refractivity contribution is -0.117. The molecule has 4 rings (SSSR count). The van der Waals surface area contributed by atoms with E-state index in [-0.39, 0.29) is 5.91 Å². The fourth-order valence-corrected chi connectivity index (χ4v) is 4.04. The lowest BCUT2D eigenvalue weighted by Crippen LogP contribution is -2.35. The number of fused-ring (bicyclic) bond motifs is 1. The van der Waals surface area contributed by atoms with Crippen molar-refractivity contribution in [2.24, 2.45) is 0 Å². The first-order chi connectivity index (χ1) is 12.6. The molecule has 1 aliphatic heterocycles. The monoisotopic (exact) mass is 367 g/mol. The number of anilines is 1. The van der Waals surface area contributed by atoms with E-state index in [1.165, 1.54) is 0 Å². The van der Waals surface area contributed by atoms with Crippen LogP contribution in [0.5, 0.6) is 0 Å². The van der Waals surface area contributed by atoms with Crippen LogP contribution in [0.1, 0.15) is 24.8 Å². The van der Waals surface area contributed by atoms with Gasteiger partial charge in [-0.2, -0.15) is 0 Å². The summed E-state index contributed by atoms with van der Waals surface area (Å²) in [6, 6.07) is 8.50. The van der Waals surface area contributed by atoms with Crippen molar-refractivity contribution in [3.8, 4) is 10.6 Å². The van der Waals surface area contributed by atoms with Crippen molar-refractivity contribution in [2.75, 3.05) is 18.4 Å². The average Bonchev–Trinajstić information content (AvgIpc) is 3.23. The minimum absolute atomic E-state index is 0.0125. The second-order valence-electron chi connectivity index (χ2n) is 6.77. The first-order valence-electron chi connectivity index (χ1n) is 8.83. The molecule has 1 fully saturated rings. The van der Waals surface area contributed by atoms with Gasteiger partial charge in [0.1, 0.15) is 15.8 Å². The normalized spacial score (nSPS) is 17.7. The Balaban J connectivity index is 1.53. The Kier molecular flexibility index (Phi) is 4.65. The van der Waals surface area contributed by atoms with Gasteiger partial charge in [-0.25, -0.2) is 4.98 Å². The zero-order chi connectivity index (χ0) is 18.1. The number of benzene rings is 1. The molecule has 0 bridgehead atoms. The Morgan fingerprint density at radius 2 is 2.19 bits per heavy atom. The topological polar surface area (TPSA) is 71.0 Å². The summed E-state index contributed by atoms with van der Waals surface area (Å²) in [4.78, 5) is 18.9. The third kappa shape index (κ3) is 3.59. The summed E-state index contributed by atoms with van der Waals surface area (Å²) in [5.41, 5.74) is 1.03. The third-order valence-corrected chi connectivity index (χ3v) is 5.69. The van der Waals surface area contributed by atoms with E-state index in [0.29, 0.717) is 18.4 Å². The predicted octanol–water partition coefficient (Wildman–Crippen LogP) is 3.48. The highest BCUT2D eigenvalue weighted by Crippen LogP contribution is 2.27. The Morgan fingerprint density at radius 1 is 1.31 bits per heavy atom. The van der Waals surface area contributed by atoms with Gasteiger partial charge < -0.3 is 5.32 Å². The molecule has 6 nitrogen and oxygen atoms in total. The predicted molar refractivity (Wildman–Crippen MR) is 104 cm³/mol. The maximum Gasteiger partial charge on any atom is 0.239 e. The first-order valence-corrected chi connectivity index (χ1v) is 9.64. The molecule has 7 heteroatoms. The van der Waals surface area contributed by atoms with Crippen LogP contribution in [0.15, 0.2) is 30.5 Å². The van der Waals surface area contributed by atoms with E-state index < -0.39 is 0 Å². The number of likely N-dealkylation sites (tertiary alicyclic amines) is 1. The van der Waals surface area contributed by atoms with Crippen molar-refractivity contribution in [1.29, 1.82) is 0 Å². The number of hydrogen-bond acceptors (Lipinski definition) is 6. The quantitative estimate of drug-likeness (QED) is 0.764. The number of rotatable bonds is 4. The zero-order valence-corrected chi connectivity index (χ0v) is 15.7. The molecule has 3 heterocycles. The minimum Gasteiger partial charge on any atom is -0.310 e. The van der Waals surface area contributed by atoms with Crippen molar-refractivity contribution in [2.45, 2.75) is 32.7 Å². The van der Waals surface area contributed by atoms with Gasteiger partial charge in [-0.1, -0.05) is 23.5 Å². The van der Waals surface area contributed by atoms with Crippen LogP contribution in [0.3, 0.4) is 0 Å². The largest absolute Gasteiger partial charge is 0.310 e. The van der Waals surface area contributed by atoms with Crippen molar-refractivity contribution in [1.82, 2.24) is 20.1 Å². The molecule has 1 aromatic carbocycles. The van der Waals surface area contributed by atoms with Gasteiger partial charge in [0.2, 0.25) is 5.91 Å². The molecule has 134 valence electrons. The van der Waals surface area contributed by atoms with Gasteiger partial charge in [-0.3, -0.25) is 9.69 Å². The fraction of sp³-hybridized carbons (Fsp3) is 0.368. The Bertz CT molecular complexity index is 954. The number of pyridine rings is 1. The van der Waals surface area contributed by atoms with Crippen molar-refractivity contribution in [3.05, 3.63) is 35.5 Å². The van der Waals surface area contributed by atoms with E-state index in [2.05, 4.69) is 38.4 Å². The molecule has 1 amide bonds. The summed E-state index contributed by atoms with van der Waals surface area (Å²) in [5.74, 6) is 0.571. The summed E-state index contributed by atoms with van der Waals surface area (Å²) in [6.07, 6.45) is 4.12. The number of aryl methyl sites for hydroxylation is 1. The van der Waals surface area contributed by atoms with Crippen LogP contribution in [0.4, 0.5) is 5.82 Å². The van der Waals surface area contributed by atoms with E-state index in [1.54, 1.807) is 17.5 Å². The van der Waals surface area contributed by atoms with Crippen molar-refractivity contribution in [3.63, 3.8) is 0 Å². The van der Waals surface area contributed by atoms with Gasteiger partial charge in [0.05, 0.1) is 6.54 Å². The lowest BCUT2D eigenvalue weighted by atomic mass is 10.1. The van der Waals surface area contributed by atoms with Crippen LogP contribution in [-0.4, -0.2) is 45.1 Å². The molecule has 26 heavy (non-hydrogen) atoms. The molecule has 0 aliphatic carbocycles.